The van der Waals surface area contributed by atoms with Gasteiger partial charge in [-0.3, -0.25) is 4.21 Å². The second kappa shape index (κ2) is 7.68. The molecule has 0 saturated carbocycles. The second-order valence-electron chi connectivity index (χ2n) is 6.28. The van der Waals surface area contributed by atoms with Gasteiger partial charge < -0.3 is 4.55 Å². The Kier molecular flexibility index (Phi) is 5.53. The molecule has 26 heavy (non-hydrogen) atoms. The summed E-state index contributed by atoms with van der Waals surface area (Å²) in [4.78, 5) is 0. The SMILES string of the molecule is N#Cc1ccc(-c2ccc(C3CS(=O)(=O)CCC3NS(=O)[O-])cc2)cc1. The third kappa shape index (κ3) is 4.37. The molecule has 0 bridgehead atoms. The molecule has 0 radical (unpaired) electrons. The Morgan fingerprint density at radius 3 is 2.19 bits per heavy atom. The van der Waals surface area contributed by atoms with Gasteiger partial charge in [0.2, 0.25) is 0 Å². The third-order valence-corrected chi connectivity index (χ3v) is 6.81. The van der Waals surface area contributed by atoms with E-state index in [2.05, 4.69) is 10.8 Å². The summed E-state index contributed by atoms with van der Waals surface area (Å²) in [6, 6.07) is 16.2. The molecule has 0 aliphatic carbocycles. The molecule has 1 aliphatic heterocycles. The van der Waals surface area contributed by atoms with Crippen molar-refractivity contribution >= 4 is 21.1 Å². The van der Waals surface area contributed by atoms with E-state index >= 15 is 0 Å². The van der Waals surface area contributed by atoms with Crippen LogP contribution in [0.3, 0.4) is 0 Å². The lowest BCUT2D eigenvalue weighted by atomic mass is 9.90. The van der Waals surface area contributed by atoms with E-state index in [0.717, 1.165) is 16.7 Å². The fourth-order valence-corrected chi connectivity index (χ4v) is 5.51. The van der Waals surface area contributed by atoms with Crippen LogP contribution < -0.4 is 4.72 Å². The lowest BCUT2D eigenvalue weighted by molar-refractivity contribution is 0.450. The molecular weight excluding hydrogens is 372 g/mol. The van der Waals surface area contributed by atoms with Crippen molar-refractivity contribution < 1.29 is 17.2 Å². The van der Waals surface area contributed by atoms with Gasteiger partial charge in [-0.2, -0.15) is 5.26 Å². The van der Waals surface area contributed by atoms with Gasteiger partial charge in [0, 0.05) is 23.2 Å². The van der Waals surface area contributed by atoms with Gasteiger partial charge in [0.05, 0.1) is 23.1 Å². The molecule has 2 aromatic rings. The number of hydrogen-bond donors (Lipinski definition) is 1. The summed E-state index contributed by atoms with van der Waals surface area (Å²) in [5.41, 5.74) is 3.25. The lowest BCUT2D eigenvalue weighted by Crippen LogP contribution is -2.44. The van der Waals surface area contributed by atoms with Gasteiger partial charge in [0.25, 0.3) is 0 Å². The normalized spacial score (nSPS) is 23.1. The van der Waals surface area contributed by atoms with Crippen molar-refractivity contribution in [2.75, 3.05) is 11.5 Å². The first-order valence-electron chi connectivity index (χ1n) is 8.04. The first-order chi connectivity index (χ1) is 12.4. The van der Waals surface area contributed by atoms with Crippen molar-refractivity contribution in [2.24, 2.45) is 0 Å². The molecule has 3 unspecified atom stereocenters. The van der Waals surface area contributed by atoms with Gasteiger partial charge in [-0.1, -0.05) is 36.4 Å². The van der Waals surface area contributed by atoms with Gasteiger partial charge in [-0.05, 0) is 35.2 Å². The summed E-state index contributed by atoms with van der Waals surface area (Å²) < 4.78 is 48.5. The summed E-state index contributed by atoms with van der Waals surface area (Å²) in [6.45, 7) is 0. The van der Waals surface area contributed by atoms with Crippen molar-refractivity contribution in [3.8, 4) is 17.2 Å². The Balaban J connectivity index is 1.87. The number of nitrogens with zero attached hydrogens (tertiary/aromatic N) is 1. The van der Waals surface area contributed by atoms with Gasteiger partial charge in [0.1, 0.15) is 0 Å². The minimum atomic E-state index is -3.19. The van der Waals surface area contributed by atoms with Crippen LogP contribution in [0.4, 0.5) is 0 Å². The summed E-state index contributed by atoms with van der Waals surface area (Å²) in [6.07, 6.45) is 0.262. The van der Waals surface area contributed by atoms with E-state index in [4.69, 9.17) is 5.26 Å². The van der Waals surface area contributed by atoms with Crippen LogP contribution in [0, 0.1) is 11.3 Å². The van der Waals surface area contributed by atoms with Gasteiger partial charge >= 0.3 is 0 Å². The zero-order chi connectivity index (χ0) is 18.7. The topological polar surface area (TPSA) is 110 Å². The predicted molar refractivity (Wildman–Crippen MR) is 98.4 cm³/mol. The van der Waals surface area contributed by atoms with Crippen LogP contribution in [0.5, 0.6) is 0 Å². The molecule has 3 rings (SSSR count). The van der Waals surface area contributed by atoms with Crippen molar-refractivity contribution in [3.63, 3.8) is 0 Å². The molecule has 2 aromatic carbocycles. The zero-order valence-corrected chi connectivity index (χ0v) is 15.4. The molecule has 1 N–H and O–H groups in total. The molecule has 0 amide bonds. The van der Waals surface area contributed by atoms with E-state index < -0.39 is 33.1 Å². The maximum Gasteiger partial charge on any atom is 0.151 e. The van der Waals surface area contributed by atoms with Gasteiger partial charge in [-0.25, -0.2) is 13.1 Å². The first-order valence-corrected chi connectivity index (χ1v) is 10.9. The largest absolute Gasteiger partial charge is 0.760 e. The predicted octanol–water partition coefficient (Wildman–Crippen LogP) is 1.88. The maximum absolute atomic E-state index is 12.0. The number of sulfone groups is 1. The zero-order valence-electron chi connectivity index (χ0n) is 13.8. The van der Waals surface area contributed by atoms with E-state index in [9.17, 15) is 17.2 Å². The Morgan fingerprint density at radius 1 is 1.08 bits per heavy atom. The Morgan fingerprint density at radius 2 is 1.65 bits per heavy atom. The molecule has 8 heteroatoms. The second-order valence-corrected chi connectivity index (χ2v) is 9.21. The molecule has 0 spiro atoms. The number of nitriles is 1. The molecule has 1 heterocycles. The molecule has 136 valence electrons. The van der Waals surface area contributed by atoms with Crippen molar-refractivity contribution in [1.29, 1.82) is 5.26 Å². The van der Waals surface area contributed by atoms with Crippen LogP contribution in [-0.2, 0) is 21.1 Å². The summed E-state index contributed by atoms with van der Waals surface area (Å²) in [7, 11) is -3.19. The van der Waals surface area contributed by atoms with Crippen LogP contribution in [0.25, 0.3) is 11.1 Å². The van der Waals surface area contributed by atoms with Crippen LogP contribution >= 0.6 is 0 Å². The minimum absolute atomic E-state index is 0.0122. The van der Waals surface area contributed by atoms with E-state index in [1.165, 1.54) is 0 Å². The fourth-order valence-electron chi connectivity index (χ4n) is 3.23. The average molecular weight is 389 g/mol. The molecule has 1 saturated heterocycles. The summed E-state index contributed by atoms with van der Waals surface area (Å²) in [5, 5.41) is 8.86. The molecule has 6 nitrogen and oxygen atoms in total. The first kappa shape index (κ1) is 18.7. The summed E-state index contributed by atoms with van der Waals surface area (Å²) >= 11 is -2.44. The maximum atomic E-state index is 12.0. The molecule has 1 fully saturated rings. The number of hydrogen-bond acceptors (Lipinski definition) is 5. The number of rotatable bonds is 4. The Labute approximate surface area is 155 Å². The smallest absolute Gasteiger partial charge is 0.151 e. The van der Waals surface area contributed by atoms with Crippen molar-refractivity contribution in [3.05, 3.63) is 59.7 Å². The molecular formula is C18H17N2O4S2-. The van der Waals surface area contributed by atoms with Gasteiger partial charge in [0.15, 0.2) is 9.84 Å². The summed E-state index contributed by atoms with van der Waals surface area (Å²) in [5.74, 6) is -0.499. The lowest BCUT2D eigenvalue weighted by Gasteiger charge is -2.33. The van der Waals surface area contributed by atoms with Crippen LogP contribution in [0.2, 0.25) is 0 Å². The van der Waals surface area contributed by atoms with Crippen molar-refractivity contribution in [1.82, 2.24) is 4.72 Å². The Hall–Kier alpha value is -2.05. The van der Waals surface area contributed by atoms with Crippen LogP contribution in [-0.4, -0.2) is 34.7 Å². The Bertz CT molecular complexity index is 948. The highest BCUT2D eigenvalue weighted by Crippen LogP contribution is 2.31. The van der Waals surface area contributed by atoms with Crippen LogP contribution in [0.1, 0.15) is 23.5 Å². The van der Waals surface area contributed by atoms with E-state index in [-0.39, 0.29) is 17.9 Å². The third-order valence-electron chi connectivity index (χ3n) is 4.59. The van der Waals surface area contributed by atoms with Crippen molar-refractivity contribution in [2.45, 2.75) is 18.4 Å². The standard InChI is InChI=1S/C18H18N2O4S2/c19-11-13-1-3-14(4-2-13)15-5-7-16(8-6-15)17-12-26(23,24)10-9-18(17)20-25(21)22/h1-8,17-18,20H,9-10,12H2,(H,21,22)/p-1. The quantitative estimate of drug-likeness (QED) is 0.803. The average Bonchev–Trinajstić information content (AvgIpc) is 2.63. The highest BCUT2D eigenvalue weighted by atomic mass is 32.2. The molecule has 0 aromatic heterocycles. The highest BCUT2D eigenvalue weighted by Gasteiger charge is 2.34. The van der Waals surface area contributed by atoms with Crippen LogP contribution in [0.15, 0.2) is 48.5 Å². The van der Waals surface area contributed by atoms with E-state index in [1.807, 2.05) is 36.4 Å². The monoisotopic (exact) mass is 389 g/mol. The number of nitrogens with one attached hydrogen (secondary N) is 1. The molecule has 1 aliphatic rings. The number of benzene rings is 2. The van der Waals surface area contributed by atoms with Gasteiger partial charge in [-0.15, -0.1) is 0 Å². The minimum Gasteiger partial charge on any atom is -0.760 e. The molecule has 3 atom stereocenters. The highest BCUT2D eigenvalue weighted by molar-refractivity contribution is 7.91. The van der Waals surface area contributed by atoms with E-state index in [1.54, 1.807) is 12.1 Å². The fraction of sp³-hybridized carbons (Fsp3) is 0.278. The van der Waals surface area contributed by atoms with E-state index in [0.29, 0.717) is 5.56 Å².